The molecule has 3 fully saturated rings. The maximum Gasteiger partial charge on any atom is 0.246 e. The summed E-state index contributed by atoms with van der Waals surface area (Å²) in [6.07, 6.45) is 9.58. The Balaban J connectivity index is 1.28. The molecule has 0 radical (unpaired) electrons. The van der Waals surface area contributed by atoms with E-state index in [2.05, 4.69) is 47.6 Å². The van der Waals surface area contributed by atoms with Gasteiger partial charge < -0.3 is 14.5 Å². The molecule has 226 valence electrons. The van der Waals surface area contributed by atoms with Crippen molar-refractivity contribution in [1.82, 2.24) is 14.7 Å². The van der Waals surface area contributed by atoms with Crippen LogP contribution in [0.15, 0.2) is 82.5 Å². The third kappa shape index (κ3) is 4.83. The maximum atomic E-state index is 12.4. The lowest BCUT2D eigenvalue weighted by atomic mass is 9.88. The van der Waals surface area contributed by atoms with Crippen molar-refractivity contribution in [2.45, 2.75) is 50.4 Å². The van der Waals surface area contributed by atoms with Crippen LogP contribution in [0.5, 0.6) is 0 Å². The number of aliphatic imine (C=N–C) groups is 2. The molecule has 0 N–H and O–H groups in total. The van der Waals surface area contributed by atoms with Crippen molar-refractivity contribution >= 4 is 39.9 Å². The summed E-state index contributed by atoms with van der Waals surface area (Å²) in [4.78, 5) is 29.3. The summed E-state index contributed by atoms with van der Waals surface area (Å²) >= 11 is 6.70. The molecule has 9 heteroatoms. The van der Waals surface area contributed by atoms with Crippen LogP contribution in [0, 0.1) is 17.2 Å². The first-order valence-corrected chi connectivity index (χ1v) is 16.0. The zero-order chi connectivity index (χ0) is 30.4. The average Bonchev–Trinajstić information content (AvgIpc) is 3.63. The number of hydrogen-bond donors (Lipinski definition) is 0. The molecule has 5 heterocycles. The summed E-state index contributed by atoms with van der Waals surface area (Å²) in [7, 11) is 0. The molecule has 3 saturated heterocycles. The number of carbonyl (C=O) groups is 1. The highest BCUT2D eigenvalue weighted by atomic mass is 35.5. The second-order valence-corrected chi connectivity index (χ2v) is 12.9. The van der Waals surface area contributed by atoms with E-state index in [9.17, 15) is 10.1 Å². The SMILES string of the molecule is C=CC(=O)N1CCN(C2=C(C#N)C(OCC34CCCN3CCC4)=NC3N=C(c4cccc5cccc(Cl)c45)C=CC23)[C@@H](C)C1. The van der Waals surface area contributed by atoms with Crippen molar-refractivity contribution in [3.05, 3.63) is 83.1 Å². The van der Waals surface area contributed by atoms with Crippen LogP contribution in [0.25, 0.3) is 10.8 Å². The number of amides is 1. The predicted octanol–water partition coefficient (Wildman–Crippen LogP) is 5.35. The molecule has 5 aliphatic rings. The van der Waals surface area contributed by atoms with Crippen molar-refractivity contribution < 1.29 is 9.53 Å². The number of fused-ring (bicyclic) bond motifs is 3. The monoisotopic (exact) mass is 608 g/mol. The highest BCUT2D eigenvalue weighted by Gasteiger charge is 2.46. The van der Waals surface area contributed by atoms with Gasteiger partial charge in [0, 0.05) is 47.3 Å². The normalized spacial score (nSPS) is 26.2. The van der Waals surface area contributed by atoms with E-state index in [4.69, 9.17) is 26.3 Å². The minimum absolute atomic E-state index is 0.0135. The standard InChI is InChI=1S/C35H37ClN6O2/c1-3-30(43)40-18-19-42(23(2)21-40)32-26-12-13-29(25-10-4-8-24-9-5-11-28(36)31(24)25)38-33(26)39-34(27(32)20-37)44-22-35-14-6-16-41(35)17-7-15-35/h3-5,8-13,23,26,33H,1,6-7,14-19,21-22H2,2H3/t23-,26?,33?/m0/s1. The minimum Gasteiger partial charge on any atom is -0.475 e. The van der Waals surface area contributed by atoms with Gasteiger partial charge in [-0.25, -0.2) is 4.99 Å². The maximum absolute atomic E-state index is 12.4. The van der Waals surface area contributed by atoms with E-state index < -0.39 is 6.17 Å². The molecule has 3 atom stereocenters. The van der Waals surface area contributed by atoms with Crippen LogP contribution in [0.4, 0.5) is 0 Å². The van der Waals surface area contributed by atoms with Crippen molar-refractivity contribution in [1.29, 1.82) is 5.26 Å². The number of hydrogen-bond acceptors (Lipinski definition) is 7. The van der Waals surface area contributed by atoms with Crippen LogP contribution in [-0.4, -0.2) is 89.3 Å². The molecular formula is C35H37ClN6O2. The number of halogens is 1. The molecule has 2 aromatic carbocycles. The lowest BCUT2D eigenvalue weighted by Crippen LogP contribution is -2.55. The van der Waals surface area contributed by atoms with Gasteiger partial charge in [-0.05, 0) is 69.3 Å². The Morgan fingerprint density at radius 2 is 1.93 bits per heavy atom. The minimum atomic E-state index is -0.490. The molecule has 0 saturated carbocycles. The Kier molecular flexibility index (Phi) is 7.55. The van der Waals surface area contributed by atoms with E-state index in [1.54, 1.807) is 0 Å². The number of piperazine rings is 1. The van der Waals surface area contributed by atoms with Gasteiger partial charge in [-0.15, -0.1) is 0 Å². The number of rotatable bonds is 5. The smallest absolute Gasteiger partial charge is 0.246 e. The Morgan fingerprint density at radius 1 is 1.16 bits per heavy atom. The van der Waals surface area contributed by atoms with E-state index >= 15 is 0 Å². The zero-order valence-corrected chi connectivity index (χ0v) is 25.8. The van der Waals surface area contributed by atoms with E-state index in [0.717, 1.165) is 53.7 Å². The van der Waals surface area contributed by atoms with Crippen LogP contribution in [-0.2, 0) is 9.53 Å². The fourth-order valence-corrected chi connectivity index (χ4v) is 8.17. The van der Waals surface area contributed by atoms with Gasteiger partial charge in [-0.2, -0.15) is 5.26 Å². The summed E-state index contributed by atoms with van der Waals surface area (Å²) < 4.78 is 6.60. The van der Waals surface area contributed by atoms with Gasteiger partial charge in [0.1, 0.15) is 18.2 Å². The van der Waals surface area contributed by atoms with Crippen LogP contribution >= 0.6 is 11.6 Å². The average molecular weight is 609 g/mol. The fourth-order valence-electron chi connectivity index (χ4n) is 7.89. The molecule has 0 spiro atoms. The Bertz CT molecular complexity index is 1670. The van der Waals surface area contributed by atoms with Gasteiger partial charge in [0.25, 0.3) is 0 Å². The molecule has 7 rings (SSSR count). The number of nitriles is 1. The van der Waals surface area contributed by atoms with Crippen LogP contribution in [0.2, 0.25) is 5.02 Å². The second kappa shape index (κ2) is 11.5. The second-order valence-electron chi connectivity index (χ2n) is 12.5. The van der Waals surface area contributed by atoms with Crippen LogP contribution in [0.3, 0.4) is 0 Å². The Labute approximate surface area is 263 Å². The highest BCUT2D eigenvalue weighted by molar-refractivity contribution is 6.37. The van der Waals surface area contributed by atoms with Crippen molar-refractivity contribution in [3.8, 4) is 6.07 Å². The zero-order valence-electron chi connectivity index (χ0n) is 25.1. The Morgan fingerprint density at radius 3 is 2.66 bits per heavy atom. The van der Waals surface area contributed by atoms with E-state index in [1.165, 1.54) is 18.9 Å². The summed E-state index contributed by atoms with van der Waals surface area (Å²) in [6.45, 7) is 10.2. The lowest BCUT2D eigenvalue weighted by molar-refractivity contribution is -0.128. The third-order valence-corrected chi connectivity index (χ3v) is 10.4. The number of nitrogens with zero attached hydrogens (tertiary/aromatic N) is 6. The number of dihydropyridines is 2. The molecule has 2 aromatic rings. The Hall–Kier alpha value is -3.93. The largest absolute Gasteiger partial charge is 0.475 e. The molecule has 0 aromatic heterocycles. The summed E-state index contributed by atoms with van der Waals surface area (Å²) in [5, 5.41) is 13.3. The topological polar surface area (TPSA) is 84.5 Å². The molecule has 0 aliphatic carbocycles. The molecular weight excluding hydrogens is 572 g/mol. The number of allylic oxidation sites excluding steroid dienone is 1. The highest BCUT2D eigenvalue weighted by Crippen LogP contribution is 2.41. The summed E-state index contributed by atoms with van der Waals surface area (Å²) in [6, 6.07) is 14.5. The summed E-state index contributed by atoms with van der Waals surface area (Å²) in [5.74, 6) is 0.0709. The first kappa shape index (κ1) is 28.8. The van der Waals surface area contributed by atoms with E-state index in [0.29, 0.717) is 42.7 Å². The lowest BCUT2D eigenvalue weighted by Gasteiger charge is -2.45. The molecule has 44 heavy (non-hydrogen) atoms. The van der Waals surface area contributed by atoms with E-state index in [-0.39, 0.29) is 23.4 Å². The predicted molar refractivity (Wildman–Crippen MR) is 174 cm³/mol. The first-order chi connectivity index (χ1) is 21.4. The molecule has 2 unspecified atom stereocenters. The first-order valence-electron chi connectivity index (χ1n) is 15.6. The third-order valence-electron chi connectivity index (χ3n) is 10.0. The molecule has 8 nitrogen and oxygen atoms in total. The fraction of sp³-hybridized carbons (Fsp3) is 0.429. The number of ether oxygens (including phenoxy) is 1. The van der Waals surface area contributed by atoms with Gasteiger partial charge in [0.2, 0.25) is 11.8 Å². The van der Waals surface area contributed by atoms with Gasteiger partial charge in [0.15, 0.2) is 6.17 Å². The molecule has 1 amide bonds. The van der Waals surface area contributed by atoms with E-state index in [1.807, 2.05) is 35.2 Å². The van der Waals surface area contributed by atoms with Gasteiger partial charge >= 0.3 is 0 Å². The van der Waals surface area contributed by atoms with Gasteiger partial charge in [-0.3, -0.25) is 14.7 Å². The molecule has 5 aliphatic heterocycles. The van der Waals surface area contributed by atoms with Crippen LogP contribution < -0.4 is 0 Å². The molecule has 0 bridgehead atoms. The quantitative estimate of drug-likeness (QED) is 0.428. The van der Waals surface area contributed by atoms with Crippen molar-refractivity contribution in [3.63, 3.8) is 0 Å². The number of carbonyl (C=O) groups excluding carboxylic acids is 1. The summed E-state index contributed by atoms with van der Waals surface area (Å²) in [5.41, 5.74) is 3.12. The van der Waals surface area contributed by atoms with Crippen molar-refractivity contribution in [2.24, 2.45) is 15.9 Å². The van der Waals surface area contributed by atoms with Crippen molar-refractivity contribution in [2.75, 3.05) is 39.3 Å². The number of benzene rings is 2. The van der Waals surface area contributed by atoms with Gasteiger partial charge in [0.05, 0.1) is 17.2 Å². The van der Waals surface area contributed by atoms with Gasteiger partial charge in [-0.1, -0.05) is 54.6 Å². The van der Waals surface area contributed by atoms with Crippen LogP contribution in [0.1, 0.15) is 38.2 Å².